The largest absolute Gasteiger partial charge is 0.481 e. The number of piperidine rings is 1. The number of aliphatic carboxylic acids is 1. The van der Waals surface area contributed by atoms with Crippen LogP contribution in [0.3, 0.4) is 0 Å². The van der Waals surface area contributed by atoms with E-state index in [-0.39, 0.29) is 30.3 Å². The van der Waals surface area contributed by atoms with Crippen LogP contribution in [0.2, 0.25) is 0 Å². The molecule has 3 nitrogen and oxygen atoms in total. The molecule has 1 N–H and O–H groups in total. The molecule has 0 radical (unpaired) electrons. The molecule has 1 heterocycles. The molecule has 3 atom stereocenters. The summed E-state index contributed by atoms with van der Waals surface area (Å²) in [5.74, 6) is -0.865. The first-order valence-electron chi connectivity index (χ1n) is 12.8. The monoisotopic (exact) mass is 527 g/mol. The average molecular weight is 528 g/mol. The lowest BCUT2D eigenvalue weighted by Crippen LogP contribution is -2.43. The highest BCUT2D eigenvalue weighted by Gasteiger charge is 2.40. The molecule has 2 aliphatic rings. The van der Waals surface area contributed by atoms with Crippen molar-refractivity contribution in [1.82, 2.24) is 4.90 Å². The van der Waals surface area contributed by atoms with Crippen LogP contribution in [0.25, 0.3) is 0 Å². The molecule has 202 valence electrons. The first-order valence-corrected chi connectivity index (χ1v) is 12.8. The second kappa shape index (κ2) is 11.1. The topological polar surface area (TPSA) is 40.5 Å². The Bertz CT molecular complexity index is 1040. The molecule has 37 heavy (non-hydrogen) atoms. The van der Waals surface area contributed by atoms with Crippen LogP contribution < -0.4 is 0 Å². The number of carboxylic acid groups (broad SMARTS) is 1. The summed E-state index contributed by atoms with van der Waals surface area (Å²) >= 11 is 0. The van der Waals surface area contributed by atoms with Crippen LogP contribution >= 0.6 is 0 Å². The molecule has 4 rings (SSSR count). The van der Waals surface area contributed by atoms with Gasteiger partial charge in [0.05, 0.1) is 11.1 Å². The van der Waals surface area contributed by atoms with Crippen molar-refractivity contribution in [3.05, 3.63) is 70.8 Å². The molecule has 0 aromatic heterocycles. The average Bonchev–Trinajstić information content (AvgIpc) is 2.85. The van der Waals surface area contributed by atoms with Gasteiger partial charge in [-0.15, -0.1) is 0 Å². The minimum Gasteiger partial charge on any atom is -0.481 e. The van der Waals surface area contributed by atoms with Gasteiger partial charge in [0, 0.05) is 18.5 Å². The van der Waals surface area contributed by atoms with Gasteiger partial charge in [-0.1, -0.05) is 43.5 Å². The van der Waals surface area contributed by atoms with E-state index in [4.69, 9.17) is 0 Å². The van der Waals surface area contributed by atoms with Crippen LogP contribution in [0.5, 0.6) is 0 Å². The molecular weight excluding hydrogens is 496 g/mol. The lowest BCUT2D eigenvalue weighted by molar-refractivity contribution is -0.139. The smallest absolute Gasteiger partial charge is 0.416 e. The van der Waals surface area contributed by atoms with E-state index in [1.807, 2.05) is 0 Å². The minimum absolute atomic E-state index is 0.0284. The summed E-state index contributed by atoms with van der Waals surface area (Å²) in [5, 5.41) is 9.37. The number of likely N-dealkylation sites (tertiary alicyclic amines) is 1. The third-order valence-corrected chi connectivity index (χ3v) is 7.87. The Morgan fingerprint density at radius 2 is 1.38 bits per heavy atom. The zero-order chi connectivity index (χ0) is 26.8. The van der Waals surface area contributed by atoms with E-state index in [2.05, 4.69) is 4.90 Å². The van der Waals surface area contributed by atoms with Crippen LogP contribution in [-0.2, 0) is 17.1 Å². The Hall–Kier alpha value is -2.55. The van der Waals surface area contributed by atoms with Crippen molar-refractivity contribution < 1.29 is 36.2 Å². The maximum atomic E-state index is 13.2. The Balaban J connectivity index is 1.72. The number of nitrogens with zero attached hydrogens (tertiary/aromatic N) is 1. The number of hydrogen-bond donors (Lipinski definition) is 1. The number of carboxylic acids is 1. The summed E-state index contributed by atoms with van der Waals surface area (Å²) in [6, 6.07) is 9.68. The highest BCUT2D eigenvalue weighted by Crippen LogP contribution is 2.47. The molecule has 0 unspecified atom stereocenters. The van der Waals surface area contributed by atoms with Gasteiger partial charge >= 0.3 is 18.3 Å². The lowest BCUT2D eigenvalue weighted by Gasteiger charge is -2.47. The molecular formula is C28H31F6NO2. The normalized spacial score (nSPS) is 23.1. The number of halogens is 6. The number of rotatable bonds is 6. The van der Waals surface area contributed by atoms with Crippen LogP contribution in [0.4, 0.5) is 26.3 Å². The van der Waals surface area contributed by atoms with Crippen LogP contribution in [-0.4, -0.2) is 22.5 Å². The maximum Gasteiger partial charge on any atom is 0.416 e. The Morgan fingerprint density at radius 1 is 0.838 bits per heavy atom. The van der Waals surface area contributed by atoms with E-state index in [0.717, 1.165) is 61.9 Å². The molecule has 0 bridgehead atoms. The lowest BCUT2D eigenvalue weighted by atomic mass is 9.76. The van der Waals surface area contributed by atoms with E-state index in [9.17, 15) is 36.2 Å². The molecule has 9 heteroatoms. The zero-order valence-corrected chi connectivity index (χ0v) is 20.4. The summed E-state index contributed by atoms with van der Waals surface area (Å²) < 4.78 is 79.3. The summed E-state index contributed by atoms with van der Waals surface area (Å²) in [6.45, 7) is 0.520. The van der Waals surface area contributed by atoms with Gasteiger partial charge in [0.2, 0.25) is 0 Å². The molecule has 2 aromatic carbocycles. The standard InChI is InChI=1S/C28H31F6NO2/c29-27(30,31)22-10-6-19(7-11-22)24-16-18(17-25(36)37)14-15-35(24)26(20-4-2-1-3-5-20)21-8-12-23(13-9-21)28(32,33)34/h6-13,18,20,24,26H,1-5,14-17H2,(H,36,37)/t18-,24-,26+/m0/s1. The van der Waals surface area contributed by atoms with Gasteiger partial charge in [0.25, 0.3) is 0 Å². The molecule has 2 aromatic rings. The summed E-state index contributed by atoms with van der Waals surface area (Å²) in [7, 11) is 0. The van der Waals surface area contributed by atoms with Gasteiger partial charge in [-0.05, 0) is 79.5 Å². The first-order chi connectivity index (χ1) is 17.4. The van der Waals surface area contributed by atoms with Crippen molar-refractivity contribution >= 4 is 5.97 Å². The van der Waals surface area contributed by atoms with Gasteiger partial charge in [0.1, 0.15) is 0 Å². The highest BCUT2D eigenvalue weighted by molar-refractivity contribution is 5.67. The third kappa shape index (κ3) is 6.67. The second-order valence-corrected chi connectivity index (χ2v) is 10.3. The number of alkyl halides is 6. The Labute approximate surface area is 212 Å². The number of benzene rings is 2. The summed E-state index contributed by atoms with van der Waals surface area (Å²) in [4.78, 5) is 13.6. The molecule has 2 fully saturated rings. The van der Waals surface area contributed by atoms with Gasteiger partial charge in [0.15, 0.2) is 0 Å². The van der Waals surface area contributed by atoms with Gasteiger partial charge in [-0.3, -0.25) is 9.69 Å². The molecule has 0 spiro atoms. The van der Waals surface area contributed by atoms with Crippen molar-refractivity contribution in [3.8, 4) is 0 Å². The molecule has 1 aliphatic carbocycles. The van der Waals surface area contributed by atoms with Crippen LogP contribution in [0, 0.1) is 11.8 Å². The molecule has 0 amide bonds. The van der Waals surface area contributed by atoms with Crippen LogP contribution in [0.15, 0.2) is 48.5 Å². The van der Waals surface area contributed by atoms with Crippen molar-refractivity contribution in [2.75, 3.05) is 6.54 Å². The predicted molar refractivity (Wildman–Crippen MR) is 127 cm³/mol. The fourth-order valence-corrected chi connectivity index (χ4v) is 6.10. The Morgan fingerprint density at radius 3 is 1.89 bits per heavy atom. The first kappa shape index (κ1) is 27.5. The quantitative estimate of drug-likeness (QED) is 0.385. The summed E-state index contributed by atoms with van der Waals surface area (Å²) in [5.41, 5.74) is -0.0605. The summed E-state index contributed by atoms with van der Waals surface area (Å²) in [6.07, 6.45) is -2.92. The predicted octanol–water partition coefficient (Wildman–Crippen LogP) is 8.27. The second-order valence-electron chi connectivity index (χ2n) is 10.3. The van der Waals surface area contributed by atoms with Crippen molar-refractivity contribution in [3.63, 3.8) is 0 Å². The van der Waals surface area contributed by atoms with Crippen LogP contribution in [0.1, 0.15) is 85.7 Å². The number of carbonyl (C=O) groups is 1. The molecule has 1 saturated carbocycles. The maximum absolute atomic E-state index is 13.2. The number of hydrogen-bond acceptors (Lipinski definition) is 2. The van der Waals surface area contributed by atoms with E-state index in [1.54, 1.807) is 0 Å². The highest BCUT2D eigenvalue weighted by atomic mass is 19.4. The third-order valence-electron chi connectivity index (χ3n) is 7.87. The zero-order valence-electron chi connectivity index (χ0n) is 20.4. The minimum atomic E-state index is -4.47. The van der Waals surface area contributed by atoms with E-state index < -0.39 is 29.4 Å². The molecule has 1 saturated heterocycles. The van der Waals surface area contributed by atoms with Gasteiger partial charge in [-0.2, -0.15) is 26.3 Å². The Kier molecular flexibility index (Phi) is 8.21. The van der Waals surface area contributed by atoms with E-state index >= 15 is 0 Å². The van der Waals surface area contributed by atoms with Crippen molar-refractivity contribution in [1.29, 1.82) is 0 Å². The SMILES string of the molecule is O=C(O)C[C@H]1CCN([C@@H](c2ccc(C(F)(F)F)cc2)C2CCCCC2)[C@H](c2ccc(C(F)(F)F)cc2)C1. The van der Waals surface area contributed by atoms with Crippen molar-refractivity contribution in [2.45, 2.75) is 75.8 Å². The van der Waals surface area contributed by atoms with E-state index in [1.165, 1.54) is 24.3 Å². The fourth-order valence-electron chi connectivity index (χ4n) is 6.10. The van der Waals surface area contributed by atoms with Gasteiger partial charge < -0.3 is 5.11 Å². The van der Waals surface area contributed by atoms with E-state index in [0.29, 0.717) is 24.9 Å². The fraction of sp³-hybridized carbons (Fsp3) is 0.536. The van der Waals surface area contributed by atoms with Crippen molar-refractivity contribution in [2.24, 2.45) is 11.8 Å². The molecule has 1 aliphatic heterocycles. The van der Waals surface area contributed by atoms with Gasteiger partial charge in [-0.25, -0.2) is 0 Å².